The van der Waals surface area contributed by atoms with Crippen LogP contribution in [0.2, 0.25) is 0 Å². The molecule has 20 heavy (non-hydrogen) atoms. The van der Waals surface area contributed by atoms with E-state index in [4.69, 9.17) is 14.6 Å². The van der Waals surface area contributed by atoms with Gasteiger partial charge >= 0.3 is 5.97 Å². The first-order chi connectivity index (χ1) is 9.75. The molecule has 1 fully saturated rings. The topological polar surface area (TPSA) is 67.8 Å². The molecule has 0 aliphatic carbocycles. The quantitative estimate of drug-likeness (QED) is 0.745. The molecule has 2 rings (SSSR count). The van der Waals surface area contributed by atoms with Gasteiger partial charge in [-0.1, -0.05) is 6.07 Å². The van der Waals surface area contributed by atoms with Gasteiger partial charge in [-0.2, -0.15) is 0 Å². The minimum atomic E-state index is -0.947. The summed E-state index contributed by atoms with van der Waals surface area (Å²) < 4.78 is 11.1. The Kier molecular flexibility index (Phi) is 5.83. The molecule has 0 amide bonds. The molecule has 0 spiro atoms. The highest BCUT2D eigenvalue weighted by Crippen LogP contribution is 2.14. The highest BCUT2D eigenvalue weighted by atomic mass is 16.5. The molecule has 2 N–H and O–H groups in total. The van der Waals surface area contributed by atoms with Crippen molar-refractivity contribution in [2.24, 2.45) is 5.92 Å². The maximum Gasteiger partial charge on any atom is 0.335 e. The smallest absolute Gasteiger partial charge is 0.335 e. The summed E-state index contributed by atoms with van der Waals surface area (Å²) in [7, 11) is 0. The van der Waals surface area contributed by atoms with Crippen molar-refractivity contribution in [3.63, 3.8) is 0 Å². The summed E-state index contributed by atoms with van der Waals surface area (Å²) in [5.74, 6) is 0.263. The van der Waals surface area contributed by atoms with Crippen molar-refractivity contribution in [2.75, 3.05) is 32.9 Å². The molecule has 1 aromatic rings. The van der Waals surface area contributed by atoms with E-state index in [1.807, 2.05) is 0 Å². The van der Waals surface area contributed by atoms with E-state index in [-0.39, 0.29) is 5.56 Å². The molecule has 1 aliphatic heterocycles. The lowest BCUT2D eigenvalue weighted by molar-refractivity contribution is 0.0652. The Morgan fingerprint density at radius 2 is 2.10 bits per heavy atom. The molecule has 110 valence electrons. The fourth-order valence-electron chi connectivity index (χ4n) is 2.24. The second kappa shape index (κ2) is 7.87. The van der Waals surface area contributed by atoms with Crippen molar-refractivity contribution < 1.29 is 19.4 Å². The lowest BCUT2D eigenvalue weighted by Crippen LogP contribution is -2.30. The van der Waals surface area contributed by atoms with Gasteiger partial charge in [-0.25, -0.2) is 4.79 Å². The average Bonchev–Trinajstić information content (AvgIpc) is 2.48. The summed E-state index contributed by atoms with van der Waals surface area (Å²) in [6, 6.07) is 6.49. The minimum absolute atomic E-state index is 0.234. The Labute approximate surface area is 118 Å². The van der Waals surface area contributed by atoms with E-state index in [1.54, 1.807) is 18.2 Å². The third kappa shape index (κ3) is 4.83. The fraction of sp³-hybridized carbons (Fsp3) is 0.533. The predicted octanol–water partition coefficient (Wildman–Crippen LogP) is 1.78. The number of hydrogen-bond acceptors (Lipinski definition) is 4. The van der Waals surface area contributed by atoms with Crippen LogP contribution in [0, 0.1) is 5.92 Å². The molecule has 1 aliphatic rings. The van der Waals surface area contributed by atoms with Gasteiger partial charge < -0.3 is 19.9 Å². The number of rotatable bonds is 7. The number of ether oxygens (including phenoxy) is 2. The van der Waals surface area contributed by atoms with Crippen molar-refractivity contribution in [1.29, 1.82) is 0 Å². The maximum absolute atomic E-state index is 10.8. The van der Waals surface area contributed by atoms with Crippen molar-refractivity contribution >= 4 is 5.97 Å². The number of benzene rings is 1. The number of aromatic carboxylic acids is 1. The van der Waals surface area contributed by atoms with E-state index in [0.717, 1.165) is 19.7 Å². The first kappa shape index (κ1) is 14.8. The second-order valence-electron chi connectivity index (χ2n) is 4.95. The number of nitrogens with one attached hydrogen (secondary N) is 1. The highest BCUT2D eigenvalue weighted by Gasteiger charge is 2.12. The van der Waals surface area contributed by atoms with Crippen LogP contribution in [0.15, 0.2) is 24.3 Å². The summed E-state index contributed by atoms with van der Waals surface area (Å²) in [5, 5.41) is 12.2. The van der Waals surface area contributed by atoms with Crippen LogP contribution in [-0.4, -0.2) is 44.0 Å². The van der Waals surface area contributed by atoms with Crippen LogP contribution in [0.25, 0.3) is 0 Å². The first-order valence-corrected chi connectivity index (χ1v) is 7.00. The van der Waals surface area contributed by atoms with Gasteiger partial charge in [0.2, 0.25) is 0 Å². The standard InChI is InChI=1S/C15H21NO4/c17-15(18)13-2-1-3-14(10-13)20-9-8-19-11-12-4-6-16-7-5-12/h1-3,10,12,16H,4-9,11H2,(H,17,18). The van der Waals surface area contributed by atoms with Crippen LogP contribution in [0.1, 0.15) is 23.2 Å². The van der Waals surface area contributed by atoms with Crippen LogP contribution in [0.5, 0.6) is 5.75 Å². The molecule has 5 nitrogen and oxygen atoms in total. The molecule has 5 heteroatoms. The van der Waals surface area contributed by atoms with E-state index in [1.165, 1.54) is 18.9 Å². The number of carbonyl (C=O) groups is 1. The molecule has 0 saturated carbocycles. The van der Waals surface area contributed by atoms with Gasteiger partial charge in [0.15, 0.2) is 0 Å². The lowest BCUT2D eigenvalue weighted by Gasteiger charge is -2.22. The zero-order valence-corrected chi connectivity index (χ0v) is 11.5. The fourth-order valence-corrected chi connectivity index (χ4v) is 2.24. The Balaban J connectivity index is 1.63. The van der Waals surface area contributed by atoms with E-state index < -0.39 is 5.97 Å². The second-order valence-corrected chi connectivity index (χ2v) is 4.95. The van der Waals surface area contributed by atoms with Crippen LogP contribution in [0.4, 0.5) is 0 Å². The van der Waals surface area contributed by atoms with Crippen LogP contribution in [-0.2, 0) is 4.74 Å². The monoisotopic (exact) mass is 279 g/mol. The molecule has 1 heterocycles. The normalized spacial score (nSPS) is 16.0. The molecule has 1 aromatic carbocycles. The zero-order valence-electron chi connectivity index (χ0n) is 11.5. The molecule has 1 saturated heterocycles. The number of carboxylic acid groups (broad SMARTS) is 1. The SMILES string of the molecule is O=C(O)c1cccc(OCCOCC2CCNCC2)c1. The van der Waals surface area contributed by atoms with Crippen LogP contribution >= 0.6 is 0 Å². The first-order valence-electron chi connectivity index (χ1n) is 7.00. The number of carboxylic acids is 1. The van der Waals surface area contributed by atoms with Gasteiger partial charge in [-0.3, -0.25) is 0 Å². The summed E-state index contributed by atoms with van der Waals surface area (Å²) in [4.78, 5) is 10.8. The summed E-state index contributed by atoms with van der Waals surface area (Å²) in [6.45, 7) is 3.90. The lowest BCUT2D eigenvalue weighted by atomic mass is 9.99. The highest BCUT2D eigenvalue weighted by molar-refractivity contribution is 5.87. The van der Waals surface area contributed by atoms with Crippen LogP contribution < -0.4 is 10.1 Å². The maximum atomic E-state index is 10.8. The van der Waals surface area contributed by atoms with Crippen molar-refractivity contribution in [3.05, 3.63) is 29.8 Å². The molecule has 0 bridgehead atoms. The largest absolute Gasteiger partial charge is 0.491 e. The molecule has 0 unspecified atom stereocenters. The third-order valence-electron chi connectivity index (χ3n) is 3.39. The molecule has 0 radical (unpaired) electrons. The molecule has 0 atom stereocenters. The van der Waals surface area contributed by atoms with E-state index >= 15 is 0 Å². The summed E-state index contributed by atoms with van der Waals surface area (Å²) >= 11 is 0. The van der Waals surface area contributed by atoms with Gasteiger partial charge in [0.05, 0.1) is 12.2 Å². The molecule has 0 aromatic heterocycles. The minimum Gasteiger partial charge on any atom is -0.491 e. The third-order valence-corrected chi connectivity index (χ3v) is 3.39. The predicted molar refractivity (Wildman–Crippen MR) is 75.3 cm³/mol. The van der Waals surface area contributed by atoms with E-state index in [2.05, 4.69) is 5.32 Å². The van der Waals surface area contributed by atoms with Gasteiger partial charge in [0.1, 0.15) is 12.4 Å². The number of piperidine rings is 1. The zero-order chi connectivity index (χ0) is 14.2. The van der Waals surface area contributed by atoms with Crippen molar-refractivity contribution in [3.8, 4) is 5.75 Å². The van der Waals surface area contributed by atoms with Crippen LogP contribution in [0.3, 0.4) is 0 Å². The summed E-state index contributed by atoms with van der Waals surface area (Å²) in [6.07, 6.45) is 2.34. The van der Waals surface area contributed by atoms with Crippen molar-refractivity contribution in [1.82, 2.24) is 5.32 Å². The summed E-state index contributed by atoms with van der Waals surface area (Å²) in [5.41, 5.74) is 0.234. The van der Waals surface area contributed by atoms with Crippen molar-refractivity contribution in [2.45, 2.75) is 12.8 Å². The van der Waals surface area contributed by atoms with Gasteiger partial charge in [-0.05, 0) is 50.0 Å². The Morgan fingerprint density at radius 1 is 1.30 bits per heavy atom. The van der Waals surface area contributed by atoms with Gasteiger partial charge in [0, 0.05) is 6.61 Å². The Morgan fingerprint density at radius 3 is 2.85 bits per heavy atom. The average molecular weight is 279 g/mol. The molecular weight excluding hydrogens is 258 g/mol. The molecular formula is C15H21NO4. The number of hydrogen-bond donors (Lipinski definition) is 2. The van der Waals surface area contributed by atoms with Gasteiger partial charge in [0.25, 0.3) is 0 Å². The van der Waals surface area contributed by atoms with E-state index in [0.29, 0.717) is 24.9 Å². The van der Waals surface area contributed by atoms with E-state index in [9.17, 15) is 4.79 Å². The van der Waals surface area contributed by atoms with Gasteiger partial charge in [-0.15, -0.1) is 0 Å². The Hall–Kier alpha value is -1.59. The Bertz CT molecular complexity index is 430.